The van der Waals surface area contributed by atoms with Gasteiger partial charge in [0, 0.05) is 12.2 Å². The molecule has 0 saturated heterocycles. The minimum atomic E-state index is 0.217. The van der Waals surface area contributed by atoms with Gasteiger partial charge in [-0.05, 0) is 49.5 Å². The third kappa shape index (κ3) is 4.39. The summed E-state index contributed by atoms with van der Waals surface area (Å²) in [7, 11) is 1.99. The van der Waals surface area contributed by atoms with Crippen LogP contribution in [0.4, 0.5) is 5.69 Å². The molecule has 2 nitrogen and oxygen atoms in total. The molecule has 0 radical (unpaired) electrons. The van der Waals surface area contributed by atoms with Crippen LogP contribution in [-0.4, -0.2) is 20.1 Å². The molecule has 1 aromatic rings. The van der Waals surface area contributed by atoms with Crippen molar-refractivity contribution in [3.63, 3.8) is 0 Å². The van der Waals surface area contributed by atoms with E-state index in [-0.39, 0.29) is 5.41 Å². The normalized spacial score (nSPS) is 11.6. The largest absolute Gasteiger partial charge is 0.385 e. The minimum absolute atomic E-state index is 0.217. The number of hydrogen-bond acceptors (Lipinski definition) is 2. The average Bonchev–Trinajstić information content (AvgIpc) is 2.25. The molecular weight excluding hydrogens is 208 g/mol. The van der Waals surface area contributed by atoms with Crippen LogP contribution in [0.5, 0.6) is 0 Å². The Kier molecular flexibility index (Phi) is 5.01. The highest BCUT2D eigenvalue weighted by molar-refractivity contribution is 5.53. The Balaban J connectivity index is 2.70. The predicted molar refractivity (Wildman–Crippen MR) is 76.9 cm³/mol. The van der Waals surface area contributed by atoms with Gasteiger partial charge in [0.05, 0.1) is 0 Å². The summed E-state index contributed by atoms with van der Waals surface area (Å²) in [5, 5.41) is 6.68. The molecule has 0 aliphatic heterocycles. The first-order valence-corrected chi connectivity index (χ1v) is 6.45. The van der Waals surface area contributed by atoms with Crippen LogP contribution in [0.15, 0.2) is 18.2 Å². The van der Waals surface area contributed by atoms with Crippen LogP contribution in [0.3, 0.4) is 0 Å². The summed E-state index contributed by atoms with van der Waals surface area (Å²) in [5.41, 5.74) is 4.20. The average molecular weight is 234 g/mol. The second-order valence-corrected chi connectivity index (χ2v) is 5.66. The fourth-order valence-corrected chi connectivity index (χ4v) is 1.77. The lowest BCUT2D eigenvalue weighted by Gasteiger charge is -2.21. The van der Waals surface area contributed by atoms with Gasteiger partial charge in [0.25, 0.3) is 0 Å². The summed E-state index contributed by atoms with van der Waals surface area (Å²) in [6, 6.07) is 6.73. The van der Waals surface area contributed by atoms with Gasteiger partial charge in [-0.3, -0.25) is 0 Å². The van der Waals surface area contributed by atoms with E-state index in [9.17, 15) is 0 Å². The van der Waals surface area contributed by atoms with Crippen LogP contribution >= 0.6 is 0 Å². The lowest BCUT2D eigenvalue weighted by Crippen LogP contribution is -2.15. The maximum Gasteiger partial charge on any atom is 0.0372 e. The number of rotatable bonds is 5. The second kappa shape index (κ2) is 6.06. The highest BCUT2D eigenvalue weighted by atomic mass is 14.9. The van der Waals surface area contributed by atoms with Crippen molar-refractivity contribution in [1.82, 2.24) is 5.32 Å². The molecule has 17 heavy (non-hydrogen) atoms. The molecular formula is C15H26N2. The molecule has 0 amide bonds. The van der Waals surface area contributed by atoms with Gasteiger partial charge in [0.2, 0.25) is 0 Å². The molecule has 1 aromatic carbocycles. The quantitative estimate of drug-likeness (QED) is 0.764. The van der Waals surface area contributed by atoms with Crippen LogP contribution in [-0.2, 0) is 5.41 Å². The van der Waals surface area contributed by atoms with Gasteiger partial charge in [0.15, 0.2) is 0 Å². The number of aryl methyl sites for hydroxylation is 1. The Bertz CT molecular complexity index is 350. The number of hydrogen-bond donors (Lipinski definition) is 2. The molecule has 0 unspecified atom stereocenters. The van der Waals surface area contributed by atoms with Crippen molar-refractivity contribution in [1.29, 1.82) is 0 Å². The Hall–Kier alpha value is -1.02. The van der Waals surface area contributed by atoms with Crippen LogP contribution in [0, 0.1) is 6.92 Å². The van der Waals surface area contributed by atoms with Crippen molar-refractivity contribution < 1.29 is 0 Å². The molecule has 0 atom stereocenters. The van der Waals surface area contributed by atoms with Gasteiger partial charge in [-0.2, -0.15) is 0 Å². The number of anilines is 1. The molecule has 0 aliphatic rings. The third-order valence-corrected chi connectivity index (χ3v) is 3.02. The molecule has 1 rings (SSSR count). The minimum Gasteiger partial charge on any atom is -0.385 e. The molecule has 2 heteroatoms. The zero-order chi connectivity index (χ0) is 12.9. The standard InChI is InChI=1S/C15H26N2/c1-12-7-8-13(15(2,3)4)11-14(12)17-10-6-9-16-5/h7-8,11,16-17H,6,9-10H2,1-5H3. The van der Waals surface area contributed by atoms with Crippen LogP contribution in [0.1, 0.15) is 38.3 Å². The Morgan fingerprint density at radius 3 is 2.41 bits per heavy atom. The van der Waals surface area contributed by atoms with E-state index in [1.165, 1.54) is 16.8 Å². The van der Waals surface area contributed by atoms with Gasteiger partial charge in [-0.15, -0.1) is 0 Å². The van der Waals surface area contributed by atoms with Gasteiger partial charge < -0.3 is 10.6 Å². The molecule has 0 aromatic heterocycles. The Labute approximate surface area is 106 Å². The lowest BCUT2D eigenvalue weighted by atomic mass is 9.86. The molecule has 0 aliphatic carbocycles. The first-order chi connectivity index (χ1) is 7.95. The van der Waals surface area contributed by atoms with E-state index in [4.69, 9.17) is 0 Å². The first-order valence-electron chi connectivity index (χ1n) is 6.45. The van der Waals surface area contributed by atoms with Crippen molar-refractivity contribution in [2.45, 2.75) is 39.5 Å². The van der Waals surface area contributed by atoms with Crippen LogP contribution in [0.25, 0.3) is 0 Å². The summed E-state index contributed by atoms with van der Waals surface area (Å²) in [6.45, 7) is 11.0. The van der Waals surface area contributed by atoms with E-state index >= 15 is 0 Å². The van der Waals surface area contributed by atoms with Crippen LogP contribution < -0.4 is 10.6 Å². The molecule has 0 fully saturated rings. The van der Waals surface area contributed by atoms with Crippen molar-refractivity contribution in [2.75, 3.05) is 25.5 Å². The van der Waals surface area contributed by atoms with Gasteiger partial charge >= 0.3 is 0 Å². The lowest BCUT2D eigenvalue weighted by molar-refractivity contribution is 0.590. The third-order valence-electron chi connectivity index (χ3n) is 3.02. The van der Waals surface area contributed by atoms with E-state index in [0.717, 1.165) is 19.5 Å². The Morgan fingerprint density at radius 2 is 1.82 bits per heavy atom. The van der Waals surface area contributed by atoms with E-state index in [1.54, 1.807) is 0 Å². The fraction of sp³-hybridized carbons (Fsp3) is 0.600. The highest BCUT2D eigenvalue weighted by Crippen LogP contribution is 2.26. The second-order valence-electron chi connectivity index (χ2n) is 5.66. The molecule has 2 N–H and O–H groups in total. The van der Waals surface area contributed by atoms with E-state index in [1.807, 2.05) is 7.05 Å². The first kappa shape index (κ1) is 14.0. The topological polar surface area (TPSA) is 24.1 Å². The summed E-state index contributed by atoms with van der Waals surface area (Å²) in [5.74, 6) is 0. The van der Waals surface area contributed by atoms with E-state index in [2.05, 4.69) is 56.5 Å². The summed E-state index contributed by atoms with van der Waals surface area (Å²) >= 11 is 0. The van der Waals surface area contributed by atoms with Crippen molar-refractivity contribution in [2.24, 2.45) is 0 Å². The maximum absolute atomic E-state index is 3.52. The van der Waals surface area contributed by atoms with Crippen LogP contribution in [0.2, 0.25) is 0 Å². The smallest absolute Gasteiger partial charge is 0.0372 e. The predicted octanol–water partition coefficient (Wildman–Crippen LogP) is 3.31. The van der Waals surface area contributed by atoms with Crippen molar-refractivity contribution >= 4 is 5.69 Å². The van der Waals surface area contributed by atoms with E-state index in [0.29, 0.717) is 0 Å². The summed E-state index contributed by atoms with van der Waals surface area (Å²) < 4.78 is 0. The molecule has 0 saturated carbocycles. The van der Waals surface area contributed by atoms with Gasteiger partial charge in [-0.25, -0.2) is 0 Å². The fourth-order valence-electron chi connectivity index (χ4n) is 1.77. The van der Waals surface area contributed by atoms with Gasteiger partial charge in [0.1, 0.15) is 0 Å². The summed E-state index contributed by atoms with van der Waals surface area (Å²) in [4.78, 5) is 0. The van der Waals surface area contributed by atoms with Crippen molar-refractivity contribution in [3.8, 4) is 0 Å². The Morgan fingerprint density at radius 1 is 1.12 bits per heavy atom. The zero-order valence-corrected chi connectivity index (χ0v) is 11.9. The number of nitrogens with one attached hydrogen (secondary N) is 2. The van der Waals surface area contributed by atoms with Gasteiger partial charge in [-0.1, -0.05) is 32.9 Å². The van der Waals surface area contributed by atoms with Crippen molar-refractivity contribution in [3.05, 3.63) is 29.3 Å². The highest BCUT2D eigenvalue weighted by Gasteiger charge is 2.14. The molecule has 0 bridgehead atoms. The molecule has 0 spiro atoms. The maximum atomic E-state index is 3.52. The van der Waals surface area contributed by atoms with E-state index < -0.39 is 0 Å². The molecule has 0 heterocycles. The monoisotopic (exact) mass is 234 g/mol. The summed E-state index contributed by atoms with van der Waals surface area (Å²) in [6.07, 6.45) is 1.15. The number of benzene rings is 1. The SMILES string of the molecule is CNCCCNc1cc(C(C)(C)C)ccc1C. The molecule has 96 valence electrons. The zero-order valence-electron chi connectivity index (χ0n) is 11.9.